The Hall–Kier alpha value is 0.240. The summed E-state index contributed by atoms with van der Waals surface area (Å²) in [5.41, 5.74) is 0. The molecule has 0 saturated heterocycles. The minimum Gasteiger partial charge on any atom is -0.204 e. The molecule has 0 nitrogen and oxygen atoms in total. The highest BCUT2D eigenvalue weighted by atomic mass is 35.5. The van der Waals surface area contributed by atoms with Crippen LogP contribution in [0.4, 0.5) is 8.78 Å². The van der Waals surface area contributed by atoms with Crippen molar-refractivity contribution in [2.24, 2.45) is 0 Å². The maximum atomic E-state index is 12.8. The van der Waals surface area contributed by atoms with Crippen molar-refractivity contribution in [3.63, 3.8) is 0 Å². The molecule has 0 amide bonds. The molecule has 0 bridgehead atoms. The lowest BCUT2D eigenvalue weighted by atomic mass is 10.3. The molecule has 0 aliphatic carbocycles. The molecule has 0 unspecified atom stereocenters. The molecule has 66 valence electrons. The van der Waals surface area contributed by atoms with Crippen LogP contribution in [0.2, 0.25) is 20.1 Å². The topological polar surface area (TPSA) is 0 Å². The van der Waals surface area contributed by atoms with E-state index in [2.05, 4.69) is 0 Å². The Morgan fingerprint density at radius 1 is 0.583 bits per heavy atom. The molecule has 0 aliphatic rings. The van der Waals surface area contributed by atoms with Gasteiger partial charge in [0.25, 0.3) is 0 Å². The van der Waals surface area contributed by atoms with Gasteiger partial charge in [0.2, 0.25) is 0 Å². The number of benzene rings is 1. The van der Waals surface area contributed by atoms with Crippen LogP contribution in [0.25, 0.3) is 0 Å². The van der Waals surface area contributed by atoms with Crippen LogP contribution in [0.3, 0.4) is 0 Å². The van der Waals surface area contributed by atoms with E-state index in [1.807, 2.05) is 0 Å². The van der Waals surface area contributed by atoms with Crippen LogP contribution in [-0.4, -0.2) is 0 Å². The Morgan fingerprint density at radius 3 is 0.917 bits per heavy atom. The zero-order chi connectivity index (χ0) is 9.46. The third-order valence-electron chi connectivity index (χ3n) is 1.16. The zero-order valence-electron chi connectivity index (χ0n) is 5.27. The van der Waals surface area contributed by atoms with Gasteiger partial charge in [-0.15, -0.1) is 0 Å². The fourth-order valence-corrected chi connectivity index (χ4v) is 1.38. The highest BCUT2D eigenvalue weighted by Crippen LogP contribution is 2.38. The first-order valence-electron chi connectivity index (χ1n) is 2.63. The van der Waals surface area contributed by atoms with Crippen molar-refractivity contribution in [3.05, 3.63) is 31.7 Å². The maximum absolute atomic E-state index is 12.8. The van der Waals surface area contributed by atoms with Crippen LogP contribution in [0.1, 0.15) is 0 Å². The van der Waals surface area contributed by atoms with Gasteiger partial charge in [-0.05, 0) is 0 Å². The number of rotatable bonds is 0. The lowest BCUT2D eigenvalue weighted by molar-refractivity contribution is 0.602. The van der Waals surface area contributed by atoms with E-state index >= 15 is 0 Å². The number of halogens is 6. The quantitative estimate of drug-likeness (QED) is 0.468. The van der Waals surface area contributed by atoms with Gasteiger partial charge in [-0.2, -0.15) is 0 Å². The smallest absolute Gasteiger partial charge is 0.163 e. The van der Waals surface area contributed by atoms with Crippen molar-refractivity contribution >= 4 is 46.4 Å². The van der Waals surface area contributed by atoms with Crippen LogP contribution in [-0.2, 0) is 0 Å². The number of hydrogen-bond donors (Lipinski definition) is 0. The second kappa shape index (κ2) is 3.54. The predicted octanol–water partition coefficient (Wildman–Crippen LogP) is 4.58. The predicted molar refractivity (Wildman–Crippen MR) is 46.4 cm³/mol. The van der Waals surface area contributed by atoms with E-state index in [0.717, 1.165) is 0 Å². The van der Waals surface area contributed by atoms with Gasteiger partial charge in [0.1, 0.15) is 0 Å². The van der Waals surface area contributed by atoms with E-state index in [0.29, 0.717) is 0 Å². The summed E-state index contributed by atoms with van der Waals surface area (Å²) in [7, 11) is 0. The van der Waals surface area contributed by atoms with Crippen LogP contribution in [0, 0.1) is 11.6 Å². The second-order valence-electron chi connectivity index (χ2n) is 1.88. The van der Waals surface area contributed by atoms with Gasteiger partial charge in [-0.25, -0.2) is 8.78 Å². The molecule has 0 N–H and O–H groups in total. The maximum Gasteiger partial charge on any atom is 0.163 e. The van der Waals surface area contributed by atoms with E-state index in [4.69, 9.17) is 46.4 Å². The summed E-state index contributed by atoms with van der Waals surface area (Å²) >= 11 is 21.1. The molecule has 0 heterocycles. The molecular formula is C6Cl4F2. The average Bonchev–Trinajstić information content (AvgIpc) is 2.08. The van der Waals surface area contributed by atoms with Crippen molar-refractivity contribution in [3.8, 4) is 0 Å². The van der Waals surface area contributed by atoms with E-state index in [-0.39, 0.29) is 0 Å². The minimum absolute atomic E-state index is 0.566. The Kier molecular flexibility index (Phi) is 3.05. The number of hydrogen-bond acceptors (Lipinski definition) is 0. The van der Waals surface area contributed by atoms with Crippen molar-refractivity contribution in [1.82, 2.24) is 0 Å². The molecule has 0 aliphatic heterocycles. The summed E-state index contributed by atoms with van der Waals surface area (Å²) in [5, 5.41) is -2.26. The van der Waals surface area contributed by atoms with Crippen LogP contribution >= 0.6 is 46.4 Å². The molecule has 0 radical (unpaired) electrons. The molecule has 0 fully saturated rings. The van der Waals surface area contributed by atoms with E-state index in [1.165, 1.54) is 0 Å². The van der Waals surface area contributed by atoms with Crippen LogP contribution in [0.5, 0.6) is 0 Å². The molecule has 1 rings (SSSR count). The fraction of sp³-hybridized carbons (Fsp3) is 0. The molecule has 0 spiro atoms. The standard InChI is InChI=1S/C6Cl4F2/c7-1-2(8)6(12)4(10)3(9)5(1)11. The van der Waals surface area contributed by atoms with E-state index < -0.39 is 31.7 Å². The Balaban J connectivity index is 3.60. The normalized spacial score (nSPS) is 10.5. The molecule has 12 heavy (non-hydrogen) atoms. The molecule has 1 aromatic carbocycles. The summed E-state index contributed by atoms with van der Waals surface area (Å²) in [6.07, 6.45) is 0. The summed E-state index contributed by atoms with van der Waals surface area (Å²) in [4.78, 5) is 0. The van der Waals surface area contributed by atoms with Gasteiger partial charge in [-0.3, -0.25) is 0 Å². The molecule has 0 atom stereocenters. The van der Waals surface area contributed by atoms with Gasteiger partial charge in [-0.1, -0.05) is 46.4 Å². The second-order valence-corrected chi connectivity index (χ2v) is 3.40. The van der Waals surface area contributed by atoms with Gasteiger partial charge >= 0.3 is 0 Å². The fourth-order valence-electron chi connectivity index (χ4n) is 0.578. The SMILES string of the molecule is Fc1c(Cl)c(Cl)c(F)c(Cl)c1Cl. The Bertz CT molecular complexity index is 232. The van der Waals surface area contributed by atoms with E-state index in [1.54, 1.807) is 0 Å². The van der Waals surface area contributed by atoms with Crippen molar-refractivity contribution < 1.29 is 8.78 Å². The first-order valence-corrected chi connectivity index (χ1v) is 4.15. The van der Waals surface area contributed by atoms with Crippen LogP contribution in [0.15, 0.2) is 0 Å². The largest absolute Gasteiger partial charge is 0.204 e. The highest BCUT2D eigenvalue weighted by Gasteiger charge is 2.19. The first-order chi connectivity index (χ1) is 5.46. The summed E-state index contributed by atoms with van der Waals surface area (Å²) in [6, 6.07) is 0. The van der Waals surface area contributed by atoms with Gasteiger partial charge < -0.3 is 0 Å². The van der Waals surface area contributed by atoms with Gasteiger partial charge in [0.05, 0.1) is 20.1 Å². The summed E-state index contributed by atoms with van der Waals surface area (Å²) < 4.78 is 25.7. The lowest BCUT2D eigenvalue weighted by Crippen LogP contribution is -1.88. The molecular weight excluding hydrogens is 252 g/mol. The van der Waals surface area contributed by atoms with E-state index in [9.17, 15) is 8.78 Å². The van der Waals surface area contributed by atoms with Crippen molar-refractivity contribution in [2.75, 3.05) is 0 Å². The minimum atomic E-state index is -1.02. The highest BCUT2D eigenvalue weighted by molar-refractivity contribution is 6.47. The summed E-state index contributed by atoms with van der Waals surface area (Å²) in [6.45, 7) is 0. The van der Waals surface area contributed by atoms with Crippen LogP contribution < -0.4 is 0 Å². The molecule has 6 heteroatoms. The summed E-state index contributed by atoms with van der Waals surface area (Å²) in [5.74, 6) is -2.04. The Labute approximate surface area is 87.0 Å². The molecule has 0 saturated carbocycles. The van der Waals surface area contributed by atoms with Crippen molar-refractivity contribution in [1.29, 1.82) is 0 Å². The first kappa shape index (κ1) is 10.3. The van der Waals surface area contributed by atoms with Gasteiger partial charge in [0, 0.05) is 0 Å². The Morgan fingerprint density at radius 2 is 0.750 bits per heavy atom. The van der Waals surface area contributed by atoms with Gasteiger partial charge in [0.15, 0.2) is 11.6 Å². The molecule has 1 aromatic rings. The third-order valence-corrected chi connectivity index (χ3v) is 2.77. The molecule has 0 aromatic heterocycles. The lowest BCUT2D eigenvalue weighted by Gasteiger charge is -2.03. The monoisotopic (exact) mass is 250 g/mol. The van der Waals surface area contributed by atoms with Crippen molar-refractivity contribution in [2.45, 2.75) is 0 Å². The third kappa shape index (κ3) is 1.49. The zero-order valence-corrected chi connectivity index (χ0v) is 8.29. The average molecular weight is 252 g/mol.